The summed E-state index contributed by atoms with van der Waals surface area (Å²) in [5.74, 6) is 0.259. The molecule has 6 heteroatoms. The van der Waals surface area contributed by atoms with Gasteiger partial charge in [-0.3, -0.25) is 4.79 Å². The summed E-state index contributed by atoms with van der Waals surface area (Å²) in [6.45, 7) is 1.76. The zero-order valence-electron chi connectivity index (χ0n) is 10.7. The number of carbonyl (C=O) groups is 1. The first-order chi connectivity index (χ1) is 8.99. The molecule has 1 aromatic heterocycles. The molecule has 2 unspecified atom stereocenters. The summed E-state index contributed by atoms with van der Waals surface area (Å²) in [5.41, 5.74) is 1.63. The first kappa shape index (κ1) is 14.4. The summed E-state index contributed by atoms with van der Waals surface area (Å²) in [7, 11) is 0. The average Bonchev–Trinajstić information content (AvgIpc) is 2.78. The van der Waals surface area contributed by atoms with E-state index in [0.29, 0.717) is 11.5 Å². The molecule has 0 radical (unpaired) electrons. The monoisotopic (exact) mass is 289 g/mol. The second-order valence-corrected chi connectivity index (χ2v) is 5.98. The smallest absolute Gasteiger partial charge is 0.265 e. The first-order valence-electron chi connectivity index (χ1n) is 6.32. The van der Waals surface area contributed by atoms with Crippen LogP contribution < -0.4 is 5.32 Å². The fraction of sp³-hybridized carbons (Fsp3) is 0.615. The fourth-order valence-corrected chi connectivity index (χ4v) is 3.49. The molecule has 2 rings (SSSR count). The molecule has 19 heavy (non-hydrogen) atoms. The molecule has 1 heterocycles. The van der Waals surface area contributed by atoms with Crippen molar-refractivity contribution < 1.29 is 18.7 Å². The maximum atomic E-state index is 12.1. The first-order valence-corrected chi connectivity index (χ1v) is 7.20. The average molecular weight is 289 g/mol. The van der Waals surface area contributed by atoms with Gasteiger partial charge in [0.2, 0.25) is 0 Å². The van der Waals surface area contributed by atoms with Crippen LogP contribution in [0.4, 0.5) is 8.78 Å². The lowest BCUT2D eigenvalue weighted by Gasteiger charge is -2.19. The van der Waals surface area contributed by atoms with E-state index in [-0.39, 0.29) is 5.91 Å². The van der Waals surface area contributed by atoms with E-state index in [0.717, 1.165) is 24.8 Å². The largest absolute Gasteiger partial charge is 0.385 e. The van der Waals surface area contributed by atoms with Gasteiger partial charge >= 0.3 is 0 Å². The van der Waals surface area contributed by atoms with Gasteiger partial charge in [0.1, 0.15) is 6.10 Å². The van der Waals surface area contributed by atoms with E-state index in [4.69, 9.17) is 5.11 Å². The number of aliphatic hydroxyl groups is 1. The highest BCUT2D eigenvalue weighted by molar-refractivity contribution is 7.10. The van der Waals surface area contributed by atoms with Gasteiger partial charge in [-0.1, -0.05) is 6.92 Å². The highest BCUT2D eigenvalue weighted by atomic mass is 32.1. The van der Waals surface area contributed by atoms with Crippen molar-refractivity contribution in [2.24, 2.45) is 5.92 Å². The second kappa shape index (κ2) is 5.96. The molecular weight excluding hydrogens is 272 g/mol. The Hall–Kier alpha value is -1.01. The van der Waals surface area contributed by atoms with Crippen molar-refractivity contribution in [3.63, 3.8) is 0 Å². The summed E-state index contributed by atoms with van der Waals surface area (Å²) in [5, 5.41) is 13.1. The van der Waals surface area contributed by atoms with Crippen molar-refractivity contribution in [2.45, 2.75) is 38.7 Å². The van der Waals surface area contributed by atoms with Crippen LogP contribution >= 0.6 is 11.3 Å². The maximum absolute atomic E-state index is 12.1. The minimum atomic E-state index is -2.84. The highest BCUT2D eigenvalue weighted by Gasteiger charge is 2.24. The molecule has 0 fully saturated rings. The number of fused-ring (bicyclic) bond motifs is 1. The van der Waals surface area contributed by atoms with Gasteiger partial charge in [0.25, 0.3) is 12.3 Å². The molecule has 0 bridgehead atoms. The van der Waals surface area contributed by atoms with E-state index in [9.17, 15) is 13.6 Å². The summed E-state index contributed by atoms with van der Waals surface area (Å²) < 4.78 is 24.3. The molecule has 1 aliphatic carbocycles. The number of hydrogen-bond donors (Lipinski definition) is 2. The zero-order valence-corrected chi connectivity index (χ0v) is 11.5. The summed E-state index contributed by atoms with van der Waals surface area (Å²) in [4.78, 5) is 13.1. The summed E-state index contributed by atoms with van der Waals surface area (Å²) in [6.07, 6.45) is -1.76. The van der Waals surface area contributed by atoms with Gasteiger partial charge < -0.3 is 10.4 Å². The predicted molar refractivity (Wildman–Crippen MR) is 69.9 cm³/mol. The van der Waals surface area contributed by atoms with Gasteiger partial charge in [0.05, 0.1) is 5.56 Å². The van der Waals surface area contributed by atoms with Gasteiger partial charge in [-0.15, -0.1) is 11.3 Å². The minimum Gasteiger partial charge on any atom is -0.385 e. The number of halogens is 2. The van der Waals surface area contributed by atoms with Crippen LogP contribution in [-0.2, 0) is 12.8 Å². The SMILES string of the molecule is CC1CCc2c(C(=O)NCC(O)C(F)F)csc2C1. The zero-order chi connectivity index (χ0) is 14.0. The quantitative estimate of drug-likeness (QED) is 0.893. The Morgan fingerprint density at radius 1 is 1.63 bits per heavy atom. The third kappa shape index (κ3) is 3.30. The number of aliphatic hydroxyl groups excluding tert-OH is 1. The number of thiophene rings is 1. The third-order valence-corrected chi connectivity index (χ3v) is 4.46. The number of rotatable bonds is 4. The van der Waals surface area contributed by atoms with Crippen LogP contribution in [0.1, 0.15) is 34.1 Å². The Bertz CT molecular complexity index is 461. The number of alkyl halides is 2. The van der Waals surface area contributed by atoms with Crippen LogP contribution in [0.3, 0.4) is 0 Å². The number of hydrogen-bond acceptors (Lipinski definition) is 3. The van der Waals surface area contributed by atoms with E-state index in [1.54, 1.807) is 16.7 Å². The van der Waals surface area contributed by atoms with Gasteiger partial charge in [-0.05, 0) is 30.7 Å². The molecule has 3 nitrogen and oxygen atoms in total. The fourth-order valence-electron chi connectivity index (χ4n) is 2.25. The molecular formula is C13H17F2NO2S. The predicted octanol–water partition coefficient (Wildman–Crippen LogP) is 2.23. The molecule has 0 aliphatic heterocycles. The van der Waals surface area contributed by atoms with Crippen LogP contribution in [0.5, 0.6) is 0 Å². The summed E-state index contributed by atoms with van der Waals surface area (Å²) >= 11 is 1.55. The Labute approximate surface area is 114 Å². The van der Waals surface area contributed by atoms with Crippen LogP contribution in [0.2, 0.25) is 0 Å². The molecule has 0 aromatic carbocycles. The minimum absolute atomic E-state index is 0.369. The normalized spacial score (nSPS) is 20.2. The van der Waals surface area contributed by atoms with Gasteiger partial charge in [0.15, 0.2) is 0 Å². The van der Waals surface area contributed by atoms with E-state index in [1.807, 2.05) is 0 Å². The molecule has 2 atom stereocenters. The molecule has 0 saturated heterocycles. The number of nitrogens with one attached hydrogen (secondary N) is 1. The van der Waals surface area contributed by atoms with Crippen LogP contribution in [0, 0.1) is 5.92 Å². The van der Waals surface area contributed by atoms with E-state index >= 15 is 0 Å². The standard InChI is InChI=1S/C13H17F2NO2S/c1-7-2-3-8-9(6-19-11(8)4-7)13(18)16-5-10(17)12(14)15/h6-7,10,12,17H,2-5H2,1H3,(H,16,18). The van der Waals surface area contributed by atoms with E-state index in [1.165, 1.54) is 4.88 Å². The molecule has 106 valence electrons. The van der Waals surface area contributed by atoms with Crippen molar-refractivity contribution in [1.29, 1.82) is 0 Å². The second-order valence-electron chi connectivity index (χ2n) is 5.01. The summed E-state index contributed by atoms with van der Waals surface area (Å²) in [6, 6.07) is 0. The Morgan fingerprint density at radius 3 is 3.05 bits per heavy atom. The van der Waals surface area contributed by atoms with Crippen molar-refractivity contribution >= 4 is 17.2 Å². The lowest BCUT2D eigenvalue weighted by molar-refractivity contribution is -0.00270. The highest BCUT2D eigenvalue weighted by Crippen LogP contribution is 2.32. The van der Waals surface area contributed by atoms with Gasteiger partial charge in [-0.2, -0.15) is 0 Å². The lowest BCUT2D eigenvalue weighted by Crippen LogP contribution is -2.36. The molecule has 1 aliphatic rings. The molecule has 2 N–H and O–H groups in total. The van der Waals surface area contributed by atoms with Crippen molar-refractivity contribution in [1.82, 2.24) is 5.32 Å². The molecule has 0 saturated carbocycles. The van der Waals surface area contributed by atoms with Crippen LogP contribution in [0.25, 0.3) is 0 Å². The molecule has 1 amide bonds. The Kier molecular flexibility index (Phi) is 4.52. The number of carbonyl (C=O) groups excluding carboxylic acids is 1. The van der Waals surface area contributed by atoms with E-state index < -0.39 is 19.1 Å². The van der Waals surface area contributed by atoms with Gasteiger partial charge in [0, 0.05) is 16.8 Å². The van der Waals surface area contributed by atoms with Crippen LogP contribution in [0.15, 0.2) is 5.38 Å². The molecule has 0 spiro atoms. The Morgan fingerprint density at radius 2 is 2.37 bits per heavy atom. The maximum Gasteiger partial charge on any atom is 0.265 e. The van der Waals surface area contributed by atoms with E-state index in [2.05, 4.69) is 12.2 Å². The number of amides is 1. The lowest BCUT2D eigenvalue weighted by atomic mass is 9.88. The van der Waals surface area contributed by atoms with Crippen molar-refractivity contribution in [3.05, 3.63) is 21.4 Å². The van der Waals surface area contributed by atoms with Crippen LogP contribution in [-0.4, -0.2) is 30.1 Å². The Balaban J connectivity index is 2.01. The van der Waals surface area contributed by atoms with Crippen molar-refractivity contribution in [2.75, 3.05) is 6.54 Å². The third-order valence-electron chi connectivity index (χ3n) is 3.41. The van der Waals surface area contributed by atoms with Gasteiger partial charge in [-0.25, -0.2) is 8.78 Å². The molecule has 1 aromatic rings. The van der Waals surface area contributed by atoms with Crippen molar-refractivity contribution in [3.8, 4) is 0 Å². The topological polar surface area (TPSA) is 49.3 Å².